The molecule has 0 saturated carbocycles. The number of benzene rings is 1. The van der Waals surface area contributed by atoms with Crippen LogP contribution in [0.3, 0.4) is 0 Å². The highest BCUT2D eigenvalue weighted by atomic mass is 35.5. The van der Waals surface area contributed by atoms with Crippen molar-refractivity contribution >= 4 is 29.3 Å². The van der Waals surface area contributed by atoms with E-state index in [1.54, 1.807) is 6.07 Å². The largest absolute Gasteiger partial charge is 0.493 e. The number of nitrogens with zero attached hydrogens (tertiary/aromatic N) is 3. The molecule has 2 aromatic rings. The molecule has 146 valence electrons. The molecule has 10 heteroatoms. The number of nitrogens with two attached hydrogens (primary N) is 1. The predicted molar refractivity (Wildman–Crippen MR) is 104 cm³/mol. The van der Waals surface area contributed by atoms with Gasteiger partial charge in [0.25, 0.3) is 5.56 Å². The number of carbonyl (C=O) groups is 1. The van der Waals surface area contributed by atoms with Gasteiger partial charge in [-0.2, -0.15) is 5.26 Å². The van der Waals surface area contributed by atoms with Crippen LogP contribution in [0.5, 0.6) is 11.5 Å². The highest BCUT2D eigenvalue weighted by Gasteiger charge is 2.23. The Morgan fingerprint density at radius 1 is 1.21 bits per heavy atom. The van der Waals surface area contributed by atoms with Gasteiger partial charge in [0.05, 0.1) is 19.2 Å². The Hall–Kier alpha value is -3.51. The molecule has 0 atom stereocenters. The number of ketones is 1. The van der Waals surface area contributed by atoms with Crippen molar-refractivity contribution in [2.75, 3.05) is 20.0 Å². The molecule has 0 amide bonds. The second-order valence-corrected chi connectivity index (χ2v) is 6.11. The zero-order valence-electron chi connectivity index (χ0n) is 15.6. The second-order valence-electron chi connectivity index (χ2n) is 5.70. The van der Waals surface area contributed by atoms with Crippen molar-refractivity contribution in [3.8, 4) is 17.6 Å². The van der Waals surface area contributed by atoms with Crippen molar-refractivity contribution in [2.45, 2.75) is 0 Å². The first kappa shape index (κ1) is 20.8. The maximum atomic E-state index is 12.8. The number of aromatic nitrogens is 2. The van der Waals surface area contributed by atoms with Gasteiger partial charge in [-0.05, 0) is 23.8 Å². The van der Waals surface area contributed by atoms with Gasteiger partial charge >= 0.3 is 5.69 Å². The number of methoxy groups -OCH3 is 2. The van der Waals surface area contributed by atoms with Crippen molar-refractivity contribution in [1.82, 2.24) is 9.13 Å². The van der Waals surface area contributed by atoms with E-state index in [9.17, 15) is 19.6 Å². The van der Waals surface area contributed by atoms with Crippen molar-refractivity contribution < 1.29 is 14.3 Å². The molecule has 0 aliphatic rings. The third-order valence-electron chi connectivity index (χ3n) is 4.07. The molecule has 0 unspecified atom stereocenters. The number of nitrogen functional groups attached to an aromatic ring is 1. The van der Waals surface area contributed by atoms with Gasteiger partial charge in [0.15, 0.2) is 11.5 Å². The van der Waals surface area contributed by atoms with Gasteiger partial charge in [-0.15, -0.1) is 0 Å². The first-order chi connectivity index (χ1) is 13.2. The second kappa shape index (κ2) is 8.02. The molecule has 0 radical (unpaired) electrons. The fraction of sp³-hybridized carbons (Fsp3) is 0.222. The minimum atomic E-state index is -0.915. The normalized spacial score (nSPS) is 11.1. The summed E-state index contributed by atoms with van der Waals surface area (Å²) in [7, 11) is 5.36. The molecule has 0 aliphatic carbocycles. The Balaban J connectivity index is 2.67. The maximum absolute atomic E-state index is 12.8. The summed E-state index contributed by atoms with van der Waals surface area (Å²) in [6, 6.07) is 4.73. The highest BCUT2D eigenvalue weighted by Crippen LogP contribution is 2.36. The Bertz CT molecular complexity index is 1150. The Kier molecular flexibility index (Phi) is 5.96. The minimum Gasteiger partial charge on any atom is -0.493 e. The molecule has 1 aromatic heterocycles. The Labute approximate surface area is 164 Å². The molecule has 0 aliphatic heterocycles. The van der Waals surface area contributed by atoms with Crippen LogP contribution in [0.4, 0.5) is 5.82 Å². The molecule has 9 nitrogen and oxygen atoms in total. The van der Waals surface area contributed by atoms with Crippen LogP contribution in [0.15, 0.2) is 27.3 Å². The summed E-state index contributed by atoms with van der Waals surface area (Å²) in [6.07, 6.45) is 1.24. The lowest BCUT2D eigenvalue weighted by Crippen LogP contribution is -2.41. The van der Waals surface area contributed by atoms with Gasteiger partial charge in [0, 0.05) is 14.1 Å². The fourth-order valence-corrected chi connectivity index (χ4v) is 2.84. The number of halogens is 1. The van der Waals surface area contributed by atoms with Crippen molar-refractivity contribution in [3.63, 3.8) is 0 Å². The van der Waals surface area contributed by atoms with E-state index in [2.05, 4.69) is 0 Å². The van der Waals surface area contributed by atoms with E-state index in [1.807, 2.05) is 0 Å². The van der Waals surface area contributed by atoms with Gasteiger partial charge in [0.1, 0.15) is 23.0 Å². The molecular formula is C18H17ClN4O5. The first-order valence-electron chi connectivity index (χ1n) is 7.81. The summed E-state index contributed by atoms with van der Waals surface area (Å²) in [5, 5.41) is 9.65. The van der Waals surface area contributed by atoms with Crippen molar-refractivity contribution in [3.05, 3.63) is 54.7 Å². The van der Waals surface area contributed by atoms with Crippen LogP contribution in [-0.2, 0) is 14.1 Å². The molecule has 28 heavy (non-hydrogen) atoms. The molecular weight excluding hydrogens is 388 g/mol. The van der Waals surface area contributed by atoms with E-state index in [-0.39, 0.29) is 16.4 Å². The van der Waals surface area contributed by atoms with Crippen LogP contribution in [0, 0.1) is 11.3 Å². The van der Waals surface area contributed by atoms with Crippen LogP contribution < -0.4 is 26.5 Å². The lowest BCUT2D eigenvalue weighted by molar-refractivity contribution is 0.103. The molecule has 0 fully saturated rings. The minimum absolute atomic E-state index is 0.204. The van der Waals surface area contributed by atoms with Crippen LogP contribution in [0.2, 0.25) is 5.02 Å². The topological polar surface area (TPSA) is 129 Å². The molecule has 0 saturated heterocycles. The average molecular weight is 405 g/mol. The molecule has 0 bridgehead atoms. The van der Waals surface area contributed by atoms with E-state index in [0.717, 1.165) is 9.13 Å². The average Bonchev–Trinajstić information content (AvgIpc) is 2.68. The van der Waals surface area contributed by atoms with Crippen LogP contribution in [0.25, 0.3) is 6.08 Å². The standard InChI is InChI=1S/C18H17ClN4O5/c1-22-16(21)13(17(25)23(2)18(22)26)14(24)10(8-20)5-9-6-11(19)15(28-4)12(7-9)27-3/h5-7H,21H2,1-4H3/b10-5+. The Morgan fingerprint density at radius 2 is 1.86 bits per heavy atom. The van der Waals surface area contributed by atoms with Gasteiger partial charge in [-0.1, -0.05) is 11.6 Å². The van der Waals surface area contributed by atoms with Crippen molar-refractivity contribution in [1.29, 1.82) is 5.26 Å². The van der Waals surface area contributed by atoms with Crippen LogP contribution in [-0.4, -0.2) is 29.1 Å². The van der Waals surface area contributed by atoms with Crippen molar-refractivity contribution in [2.24, 2.45) is 14.1 Å². The van der Waals surface area contributed by atoms with Gasteiger partial charge in [0.2, 0.25) is 5.78 Å². The summed E-state index contributed by atoms with van der Waals surface area (Å²) in [5.74, 6) is -0.655. The molecule has 0 spiro atoms. The quantitative estimate of drug-likeness (QED) is 0.449. The summed E-state index contributed by atoms with van der Waals surface area (Å²) >= 11 is 6.13. The fourth-order valence-electron chi connectivity index (χ4n) is 2.54. The number of nitriles is 1. The van der Waals surface area contributed by atoms with E-state index < -0.39 is 22.6 Å². The van der Waals surface area contributed by atoms with E-state index in [4.69, 9.17) is 26.8 Å². The molecule has 2 N–H and O–H groups in total. The summed E-state index contributed by atoms with van der Waals surface area (Å²) < 4.78 is 12.0. The third-order valence-corrected chi connectivity index (χ3v) is 4.35. The van der Waals surface area contributed by atoms with E-state index in [0.29, 0.717) is 17.1 Å². The summed E-state index contributed by atoms with van der Waals surface area (Å²) in [4.78, 5) is 37.1. The number of ether oxygens (including phenoxy) is 2. The summed E-state index contributed by atoms with van der Waals surface area (Å²) in [6.45, 7) is 0. The lowest BCUT2D eigenvalue weighted by Gasteiger charge is -2.11. The summed E-state index contributed by atoms with van der Waals surface area (Å²) in [5.41, 5.74) is 3.73. The smallest absolute Gasteiger partial charge is 0.332 e. The van der Waals surface area contributed by atoms with Gasteiger partial charge in [-0.25, -0.2) is 4.79 Å². The lowest BCUT2D eigenvalue weighted by atomic mass is 10.0. The van der Waals surface area contributed by atoms with Gasteiger partial charge in [-0.3, -0.25) is 18.7 Å². The number of hydrogen-bond donors (Lipinski definition) is 1. The maximum Gasteiger partial charge on any atom is 0.332 e. The number of anilines is 1. The monoisotopic (exact) mass is 404 g/mol. The van der Waals surface area contributed by atoms with E-state index in [1.165, 1.54) is 46.5 Å². The predicted octanol–water partition coefficient (Wildman–Crippen LogP) is 1.13. The van der Waals surface area contributed by atoms with Crippen LogP contribution in [0.1, 0.15) is 15.9 Å². The number of carbonyl (C=O) groups excluding carboxylic acids is 1. The number of allylic oxidation sites excluding steroid dienone is 1. The number of Topliss-reactive ketones (excluding diaryl/α,β-unsaturated/α-hetero) is 1. The third kappa shape index (κ3) is 3.50. The molecule has 2 rings (SSSR count). The SMILES string of the molecule is COc1cc(/C=C(\C#N)C(=O)c2c(N)n(C)c(=O)n(C)c2=O)cc(Cl)c1OC. The zero-order valence-corrected chi connectivity index (χ0v) is 16.3. The number of hydrogen-bond acceptors (Lipinski definition) is 7. The first-order valence-corrected chi connectivity index (χ1v) is 8.19. The number of rotatable bonds is 5. The molecule has 1 heterocycles. The van der Waals surface area contributed by atoms with E-state index >= 15 is 0 Å². The molecule has 1 aromatic carbocycles. The highest BCUT2D eigenvalue weighted by molar-refractivity contribution is 6.32. The van der Waals surface area contributed by atoms with Gasteiger partial charge < -0.3 is 15.2 Å². The Morgan fingerprint density at radius 3 is 2.39 bits per heavy atom. The zero-order chi connectivity index (χ0) is 21.2. The van der Waals surface area contributed by atoms with Crippen LogP contribution >= 0.6 is 11.6 Å².